The molecule has 0 radical (unpaired) electrons. The largest absolute Gasteiger partial charge is 0.296 e. The molecule has 0 saturated carbocycles. The zero-order chi connectivity index (χ0) is 27.2. The summed E-state index contributed by atoms with van der Waals surface area (Å²) < 4.78 is 5.68. The Hall–Kier alpha value is -4.94. The molecule has 0 amide bonds. The predicted octanol–water partition coefficient (Wildman–Crippen LogP) is 7.54. The number of rotatable bonds is 4. The lowest BCUT2D eigenvalue weighted by Crippen LogP contribution is -2.24. The first-order valence-electron chi connectivity index (χ1n) is 13.2. The van der Waals surface area contributed by atoms with E-state index >= 15 is 0 Å². The minimum atomic E-state index is -0.0917. The highest BCUT2D eigenvalue weighted by molar-refractivity contribution is 7.07. The molecule has 5 aromatic carbocycles. The lowest BCUT2D eigenvalue weighted by molar-refractivity contribution is 0.630. The maximum atomic E-state index is 14.2. The molecule has 0 aliphatic heterocycles. The highest BCUT2D eigenvalue weighted by Crippen LogP contribution is 2.29. The molecule has 0 bridgehead atoms. The minimum absolute atomic E-state index is 0.0917. The Kier molecular flexibility index (Phi) is 5.83. The van der Waals surface area contributed by atoms with Gasteiger partial charge in [-0.3, -0.25) is 14.0 Å². The standard InChI is InChI=1S/C34H26N4OS/c1-23-32(33(39)38(36(23)2)28-15-4-3-5-16-28)37-31(27-20-19-24-11-6-7-13-26(24)21-27)22-40-34(37)35-30-18-10-14-25-12-8-9-17-29(25)30/h3-22H,1-2H3. The average molecular weight is 539 g/mol. The molecule has 0 atom stereocenters. The molecule has 2 heterocycles. The van der Waals surface area contributed by atoms with Crippen LogP contribution in [0.4, 0.5) is 5.69 Å². The summed E-state index contributed by atoms with van der Waals surface area (Å²) in [4.78, 5) is 20.1. The summed E-state index contributed by atoms with van der Waals surface area (Å²) in [6.45, 7) is 1.99. The topological polar surface area (TPSA) is 44.2 Å². The second-order valence-corrected chi connectivity index (χ2v) is 10.7. The maximum absolute atomic E-state index is 14.2. The van der Waals surface area contributed by atoms with Crippen molar-refractivity contribution in [2.24, 2.45) is 12.0 Å². The fraction of sp³-hybridized carbons (Fsp3) is 0.0588. The van der Waals surface area contributed by atoms with Crippen LogP contribution < -0.4 is 10.4 Å². The van der Waals surface area contributed by atoms with Crippen molar-refractivity contribution >= 4 is 38.6 Å². The Morgan fingerprint density at radius 2 is 1.43 bits per heavy atom. The van der Waals surface area contributed by atoms with Gasteiger partial charge in [-0.05, 0) is 47.3 Å². The number of benzene rings is 5. The molecule has 0 N–H and O–H groups in total. The number of thiazole rings is 1. The highest BCUT2D eigenvalue weighted by atomic mass is 32.1. The zero-order valence-corrected chi connectivity index (χ0v) is 23.0. The van der Waals surface area contributed by atoms with Crippen LogP contribution in [0.15, 0.2) is 130 Å². The van der Waals surface area contributed by atoms with Crippen LogP contribution in [0.1, 0.15) is 5.69 Å². The summed E-state index contributed by atoms with van der Waals surface area (Å²) in [7, 11) is 1.93. The van der Waals surface area contributed by atoms with Crippen LogP contribution in [0.3, 0.4) is 0 Å². The third-order valence-electron chi connectivity index (χ3n) is 7.48. The predicted molar refractivity (Wildman–Crippen MR) is 165 cm³/mol. The number of hydrogen-bond donors (Lipinski definition) is 0. The molecule has 7 rings (SSSR count). The summed E-state index contributed by atoms with van der Waals surface area (Å²) in [6.07, 6.45) is 0. The molecule has 194 valence electrons. The van der Waals surface area contributed by atoms with Crippen LogP contribution in [-0.4, -0.2) is 13.9 Å². The first-order chi connectivity index (χ1) is 19.6. The van der Waals surface area contributed by atoms with E-state index in [0.717, 1.165) is 49.3 Å². The van der Waals surface area contributed by atoms with Crippen molar-refractivity contribution < 1.29 is 0 Å². The van der Waals surface area contributed by atoms with Crippen molar-refractivity contribution in [3.05, 3.63) is 141 Å². The monoisotopic (exact) mass is 538 g/mol. The van der Waals surface area contributed by atoms with E-state index < -0.39 is 0 Å². The van der Waals surface area contributed by atoms with Crippen molar-refractivity contribution in [3.63, 3.8) is 0 Å². The quantitative estimate of drug-likeness (QED) is 0.228. The molecule has 6 heteroatoms. The first-order valence-corrected chi connectivity index (χ1v) is 14.0. The molecule has 7 aromatic rings. The fourth-order valence-electron chi connectivity index (χ4n) is 5.38. The molecule has 40 heavy (non-hydrogen) atoms. The molecule has 0 aliphatic rings. The summed E-state index contributed by atoms with van der Waals surface area (Å²) in [6, 6.07) is 38.9. The van der Waals surface area contributed by atoms with Gasteiger partial charge in [0, 0.05) is 23.4 Å². The second kappa shape index (κ2) is 9.67. The van der Waals surface area contributed by atoms with Gasteiger partial charge in [0.25, 0.3) is 5.56 Å². The van der Waals surface area contributed by atoms with Gasteiger partial charge in [0.05, 0.1) is 22.8 Å². The van der Waals surface area contributed by atoms with Crippen LogP contribution >= 0.6 is 11.3 Å². The van der Waals surface area contributed by atoms with Crippen molar-refractivity contribution in [3.8, 4) is 22.6 Å². The van der Waals surface area contributed by atoms with Crippen LogP contribution in [0.5, 0.6) is 0 Å². The van der Waals surface area contributed by atoms with Gasteiger partial charge in [-0.2, -0.15) is 0 Å². The Morgan fingerprint density at radius 1 is 0.725 bits per heavy atom. The highest BCUT2D eigenvalue weighted by Gasteiger charge is 2.22. The normalized spacial score (nSPS) is 12.0. The molecule has 0 fully saturated rings. The smallest absolute Gasteiger partial charge is 0.283 e. The van der Waals surface area contributed by atoms with E-state index in [0.29, 0.717) is 5.69 Å². The molecule has 0 unspecified atom stereocenters. The van der Waals surface area contributed by atoms with Gasteiger partial charge in [0.15, 0.2) is 4.80 Å². The molecule has 2 aromatic heterocycles. The Morgan fingerprint density at radius 3 is 2.25 bits per heavy atom. The summed E-state index contributed by atoms with van der Waals surface area (Å²) >= 11 is 1.54. The van der Waals surface area contributed by atoms with Crippen molar-refractivity contribution in [2.45, 2.75) is 6.92 Å². The first kappa shape index (κ1) is 24.1. The van der Waals surface area contributed by atoms with E-state index in [1.807, 2.05) is 83.9 Å². The Bertz CT molecular complexity index is 2160. The fourth-order valence-corrected chi connectivity index (χ4v) is 6.28. The van der Waals surface area contributed by atoms with Gasteiger partial charge in [-0.25, -0.2) is 9.67 Å². The lowest BCUT2D eigenvalue weighted by Gasteiger charge is -2.10. The Labute approximate surface area is 235 Å². The van der Waals surface area contributed by atoms with E-state index in [1.165, 1.54) is 5.39 Å². The number of fused-ring (bicyclic) bond motifs is 2. The molecule has 0 spiro atoms. The van der Waals surface area contributed by atoms with Gasteiger partial charge in [-0.15, -0.1) is 11.3 Å². The average Bonchev–Trinajstić information content (AvgIpc) is 3.49. The SMILES string of the molecule is Cc1c(-n2c(-c3ccc4ccccc4c3)csc2=Nc2cccc3ccccc23)c(=O)n(-c2ccccc2)n1C. The number of nitrogens with zero attached hydrogens (tertiary/aromatic N) is 4. The van der Waals surface area contributed by atoms with Crippen LogP contribution in [0.2, 0.25) is 0 Å². The third kappa shape index (κ3) is 3.92. The second-order valence-electron chi connectivity index (χ2n) is 9.82. The summed E-state index contributed by atoms with van der Waals surface area (Å²) in [5.74, 6) is 0. The van der Waals surface area contributed by atoms with Gasteiger partial charge in [-0.1, -0.05) is 91.0 Å². The van der Waals surface area contributed by atoms with Gasteiger partial charge < -0.3 is 0 Å². The van der Waals surface area contributed by atoms with Crippen LogP contribution in [-0.2, 0) is 7.05 Å². The van der Waals surface area contributed by atoms with E-state index in [2.05, 4.69) is 60.0 Å². The van der Waals surface area contributed by atoms with Gasteiger partial charge in [0.2, 0.25) is 0 Å². The minimum Gasteiger partial charge on any atom is -0.283 e. The van der Waals surface area contributed by atoms with E-state index in [4.69, 9.17) is 4.99 Å². The van der Waals surface area contributed by atoms with Crippen LogP contribution in [0, 0.1) is 6.92 Å². The van der Waals surface area contributed by atoms with Gasteiger partial charge >= 0.3 is 0 Å². The van der Waals surface area contributed by atoms with Crippen molar-refractivity contribution in [1.82, 2.24) is 13.9 Å². The molecule has 0 aliphatic carbocycles. The number of hydrogen-bond acceptors (Lipinski definition) is 3. The van der Waals surface area contributed by atoms with Crippen LogP contribution in [0.25, 0.3) is 44.2 Å². The van der Waals surface area contributed by atoms with Crippen molar-refractivity contribution in [1.29, 1.82) is 0 Å². The van der Waals surface area contributed by atoms with E-state index in [-0.39, 0.29) is 5.56 Å². The lowest BCUT2D eigenvalue weighted by atomic mass is 10.1. The molecule has 5 nitrogen and oxygen atoms in total. The molecular formula is C34H26N4OS. The number of aromatic nitrogens is 3. The Balaban J connectivity index is 1.55. The molecule has 0 saturated heterocycles. The third-order valence-corrected chi connectivity index (χ3v) is 8.31. The maximum Gasteiger partial charge on any atom is 0.296 e. The molecular weight excluding hydrogens is 512 g/mol. The summed E-state index contributed by atoms with van der Waals surface area (Å²) in [5.41, 5.74) is 5.01. The van der Waals surface area contributed by atoms with Crippen molar-refractivity contribution in [2.75, 3.05) is 0 Å². The van der Waals surface area contributed by atoms with E-state index in [1.54, 1.807) is 16.0 Å². The zero-order valence-electron chi connectivity index (χ0n) is 22.2. The van der Waals surface area contributed by atoms with Gasteiger partial charge in [0.1, 0.15) is 5.69 Å². The summed E-state index contributed by atoms with van der Waals surface area (Å²) in [5, 5.41) is 6.63. The van der Waals surface area contributed by atoms with E-state index in [9.17, 15) is 4.79 Å². The number of para-hydroxylation sites is 1.